The maximum atomic E-state index is 5.66. The standard InChI is InChI=1S/C15H25NOS/c1-3-9-16-15(12-6-5-10-17-11-12)14-8-7-13(4-2)18-14/h7-8,12,15-16H,3-6,9-11H2,1-2H3. The van der Waals surface area contributed by atoms with Gasteiger partial charge < -0.3 is 10.1 Å². The van der Waals surface area contributed by atoms with Gasteiger partial charge >= 0.3 is 0 Å². The van der Waals surface area contributed by atoms with Crippen molar-refractivity contribution in [2.75, 3.05) is 19.8 Å². The first kappa shape index (κ1) is 14.0. The van der Waals surface area contributed by atoms with E-state index in [0.29, 0.717) is 12.0 Å². The molecule has 0 spiro atoms. The fourth-order valence-electron chi connectivity index (χ4n) is 2.58. The molecule has 0 amide bonds. The van der Waals surface area contributed by atoms with E-state index in [4.69, 9.17) is 4.74 Å². The minimum atomic E-state index is 0.496. The molecule has 3 heteroatoms. The van der Waals surface area contributed by atoms with Gasteiger partial charge in [-0.25, -0.2) is 0 Å². The van der Waals surface area contributed by atoms with Crippen LogP contribution in [0.15, 0.2) is 12.1 Å². The maximum Gasteiger partial charge on any atom is 0.0512 e. The van der Waals surface area contributed by atoms with E-state index in [1.165, 1.54) is 29.0 Å². The zero-order chi connectivity index (χ0) is 12.8. The third-order valence-corrected chi connectivity index (χ3v) is 4.93. The summed E-state index contributed by atoms with van der Waals surface area (Å²) in [5.41, 5.74) is 0. The summed E-state index contributed by atoms with van der Waals surface area (Å²) in [7, 11) is 0. The van der Waals surface area contributed by atoms with Gasteiger partial charge in [-0.2, -0.15) is 0 Å². The van der Waals surface area contributed by atoms with Crippen molar-refractivity contribution in [2.24, 2.45) is 5.92 Å². The normalized spacial score (nSPS) is 22.0. The molecule has 1 aromatic heterocycles. The summed E-state index contributed by atoms with van der Waals surface area (Å²) in [5.74, 6) is 0.647. The van der Waals surface area contributed by atoms with Crippen molar-refractivity contribution in [2.45, 2.75) is 45.6 Å². The van der Waals surface area contributed by atoms with E-state index in [-0.39, 0.29) is 0 Å². The molecule has 1 aromatic rings. The molecule has 1 aliphatic rings. The van der Waals surface area contributed by atoms with Gasteiger partial charge in [0.05, 0.1) is 6.61 Å². The zero-order valence-electron chi connectivity index (χ0n) is 11.6. The second kappa shape index (κ2) is 7.27. The van der Waals surface area contributed by atoms with Gasteiger partial charge in [0.25, 0.3) is 0 Å². The number of rotatable bonds is 6. The first-order valence-electron chi connectivity index (χ1n) is 7.24. The molecule has 0 bridgehead atoms. The third-order valence-electron chi connectivity index (χ3n) is 3.62. The van der Waals surface area contributed by atoms with Crippen molar-refractivity contribution < 1.29 is 4.74 Å². The van der Waals surface area contributed by atoms with Gasteiger partial charge in [0, 0.05) is 28.3 Å². The molecule has 102 valence electrons. The molecular formula is C15H25NOS. The molecule has 1 N–H and O–H groups in total. The topological polar surface area (TPSA) is 21.3 Å². The summed E-state index contributed by atoms with van der Waals surface area (Å²) < 4.78 is 5.66. The Morgan fingerprint density at radius 1 is 1.44 bits per heavy atom. The third kappa shape index (κ3) is 3.56. The van der Waals surface area contributed by atoms with Crippen LogP contribution in [0.5, 0.6) is 0 Å². The Labute approximate surface area is 115 Å². The van der Waals surface area contributed by atoms with Crippen molar-refractivity contribution in [3.05, 3.63) is 21.9 Å². The monoisotopic (exact) mass is 267 g/mol. The second-order valence-corrected chi connectivity index (χ2v) is 6.27. The highest BCUT2D eigenvalue weighted by atomic mass is 32.1. The Balaban J connectivity index is 2.07. The highest BCUT2D eigenvalue weighted by Gasteiger charge is 2.26. The van der Waals surface area contributed by atoms with Crippen LogP contribution in [0.2, 0.25) is 0 Å². The van der Waals surface area contributed by atoms with E-state index in [1.807, 2.05) is 11.3 Å². The molecule has 1 saturated heterocycles. The fourth-order valence-corrected chi connectivity index (χ4v) is 3.70. The first-order chi connectivity index (χ1) is 8.85. The predicted molar refractivity (Wildman–Crippen MR) is 78.3 cm³/mol. The van der Waals surface area contributed by atoms with E-state index in [2.05, 4.69) is 31.3 Å². The van der Waals surface area contributed by atoms with Gasteiger partial charge in [-0.1, -0.05) is 13.8 Å². The Morgan fingerprint density at radius 2 is 2.33 bits per heavy atom. The van der Waals surface area contributed by atoms with Crippen LogP contribution in [0, 0.1) is 5.92 Å². The SMILES string of the molecule is CCCNC(c1ccc(CC)s1)C1CCCOC1. The molecule has 2 nitrogen and oxygen atoms in total. The van der Waals surface area contributed by atoms with Gasteiger partial charge in [0.15, 0.2) is 0 Å². The quantitative estimate of drug-likeness (QED) is 0.847. The lowest BCUT2D eigenvalue weighted by Gasteiger charge is -2.30. The summed E-state index contributed by atoms with van der Waals surface area (Å²) in [6, 6.07) is 5.09. The van der Waals surface area contributed by atoms with Crippen LogP contribution in [0.4, 0.5) is 0 Å². The smallest absolute Gasteiger partial charge is 0.0512 e. The van der Waals surface area contributed by atoms with Crippen LogP contribution in [-0.4, -0.2) is 19.8 Å². The predicted octanol–water partition coefficient (Wildman–Crippen LogP) is 3.78. The Bertz CT molecular complexity index is 344. The van der Waals surface area contributed by atoms with Gasteiger partial charge in [-0.3, -0.25) is 0 Å². The summed E-state index contributed by atoms with van der Waals surface area (Å²) in [4.78, 5) is 2.99. The molecule has 0 radical (unpaired) electrons. The lowest BCUT2D eigenvalue weighted by Crippen LogP contribution is -2.33. The fraction of sp³-hybridized carbons (Fsp3) is 0.733. The van der Waals surface area contributed by atoms with Gasteiger partial charge in [0.2, 0.25) is 0 Å². The number of ether oxygens (including phenoxy) is 1. The van der Waals surface area contributed by atoms with Crippen molar-refractivity contribution in [3.8, 4) is 0 Å². The summed E-state index contributed by atoms with van der Waals surface area (Å²) in [6.45, 7) is 7.42. The Kier molecular flexibility index (Phi) is 5.67. The largest absolute Gasteiger partial charge is 0.381 e. The molecule has 0 aromatic carbocycles. The van der Waals surface area contributed by atoms with Crippen LogP contribution >= 0.6 is 11.3 Å². The van der Waals surface area contributed by atoms with Crippen LogP contribution in [0.1, 0.15) is 48.9 Å². The zero-order valence-corrected chi connectivity index (χ0v) is 12.4. The molecule has 2 rings (SSSR count). The maximum absolute atomic E-state index is 5.66. The molecule has 2 unspecified atom stereocenters. The minimum absolute atomic E-state index is 0.496. The van der Waals surface area contributed by atoms with E-state index < -0.39 is 0 Å². The number of thiophene rings is 1. The van der Waals surface area contributed by atoms with Crippen molar-refractivity contribution in [1.29, 1.82) is 0 Å². The molecule has 18 heavy (non-hydrogen) atoms. The second-order valence-electron chi connectivity index (χ2n) is 5.07. The Morgan fingerprint density at radius 3 is 2.94 bits per heavy atom. The summed E-state index contributed by atoms with van der Waals surface area (Å²) >= 11 is 1.97. The van der Waals surface area contributed by atoms with Crippen molar-refractivity contribution in [1.82, 2.24) is 5.32 Å². The highest BCUT2D eigenvalue weighted by molar-refractivity contribution is 7.12. The molecular weight excluding hydrogens is 242 g/mol. The van der Waals surface area contributed by atoms with E-state index in [9.17, 15) is 0 Å². The number of nitrogens with one attached hydrogen (secondary N) is 1. The lowest BCUT2D eigenvalue weighted by atomic mass is 9.92. The highest BCUT2D eigenvalue weighted by Crippen LogP contribution is 2.33. The van der Waals surface area contributed by atoms with Crippen LogP contribution in [-0.2, 0) is 11.2 Å². The van der Waals surface area contributed by atoms with Crippen LogP contribution in [0.25, 0.3) is 0 Å². The Hall–Kier alpha value is -0.380. The average Bonchev–Trinajstić information content (AvgIpc) is 2.89. The van der Waals surface area contributed by atoms with Crippen molar-refractivity contribution in [3.63, 3.8) is 0 Å². The first-order valence-corrected chi connectivity index (χ1v) is 8.06. The number of hydrogen-bond donors (Lipinski definition) is 1. The number of hydrogen-bond acceptors (Lipinski definition) is 3. The van der Waals surface area contributed by atoms with Crippen LogP contribution < -0.4 is 5.32 Å². The average molecular weight is 267 g/mol. The summed E-state index contributed by atoms with van der Waals surface area (Å²) in [5, 5.41) is 3.72. The lowest BCUT2D eigenvalue weighted by molar-refractivity contribution is 0.0396. The van der Waals surface area contributed by atoms with Gasteiger partial charge in [-0.15, -0.1) is 11.3 Å². The van der Waals surface area contributed by atoms with E-state index in [0.717, 1.165) is 26.2 Å². The van der Waals surface area contributed by atoms with Crippen molar-refractivity contribution >= 4 is 11.3 Å². The molecule has 0 aliphatic carbocycles. The molecule has 2 heterocycles. The number of aryl methyl sites for hydroxylation is 1. The van der Waals surface area contributed by atoms with E-state index >= 15 is 0 Å². The van der Waals surface area contributed by atoms with E-state index in [1.54, 1.807) is 0 Å². The molecule has 0 saturated carbocycles. The summed E-state index contributed by atoms with van der Waals surface area (Å²) in [6.07, 6.45) is 4.84. The molecule has 1 aliphatic heterocycles. The molecule has 1 fully saturated rings. The van der Waals surface area contributed by atoms with Gasteiger partial charge in [0.1, 0.15) is 0 Å². The van der Waals surface area contributed by atoms with Gasteiger partial charge in [-0.05, 0) is 44.4 Å². The molecule has 2 atom stereocenters. The minimum Gasteiger partial charge on any atom is -0.381 e. The van der Waals surface area contributed by atoms with Crippen LogP contribution in [0.3, 0.4) is 0 Å².